The summed E-state index contributed by atoms with van der Waals surface area (Å²) >= 11 is 0. The summed E-state index contributed by atoms with van der Waals surface area (Å²) in [5, 5.41) is 11.1. The minimum Gasteiger partial charge on any atom is -0.338 e. The Morgan fingerprint density at radius 3 is 2.93 bits per heavy atom. The number of nitrogens with one attached hydrogen (secondary N) is 1. The number of rotatable bonds is 4. The van der Waals surface area contributed by atoms with Crippen LogP contribution in [0.4, 0.5) is 0 Å². The monoisotopic (exact) mass is 207 g/mol. The Labute approximate surface area is 87.3 Å². The molecule has 0 bridgehead atoms. The highest BCUT2D eigenvalue weighted by Gasteiger charge is 2.02. The normalized spacial score (nSPS) is 10.8. The lowest BCUT2D eigenvalue weighted by molar-refractivity contribution is 0.363. The molecule has 2 rings (SSSR count). The minimum absolute atomic E-state index is 0.567. The number of aromatic nitrogens is 4. The van der Waals surface area contributed by atoms with Crippen molar-refractivity contribution < 1.29 is 4.52 Å². The van der Waals surface area contributed by atoms with E-state index in [1.807, 2.05) is 19.3 Å². The van der Waals surface area contributed by atoms with Crippen molar-refractivity contribution in [3.8, 4) is 0 Å². The Hall–Kier alpha value is -1.69. The molecule has 15 heavy (non-hydrogen) atoms. The Morgan fingerprint density at radius 2 is 2.33 bits per heavy atom. The average Bonchev–Trinajstić information content (AvgIpc) is 2.76. The van der Waals surface area contributed by atoms with Crippen molar-refractivity contribution in [3.63, 3.8) is 0 Å². The predicted octanol–water partition coefficient (Wildman–Crippen LogP) is 0.401. The molecule has 0 aliphatic carbocycles. The van der Waals surface area contributed by atoms with Gasteiger partial charge in [0.15, 0.2) is 5.82 Å². The van der Waals surface area contributed by atoms with E-state index in [-0.39, 0.29) is 0 Å². The molecule has 0 saturated heterocycles. The van der Waals surface area contributed by atoms with Crippen LogP contribution in [-0.2, 0) is 20.1 Å². The first-order valence-electron chi connectivity index (χ1n) is 4.72. The van der Waals surface area contributed by atoms with Crippen molar-refractivity contribution in [1.82, 2.24) is 25.2 Å². The van der Waals surface area contributed by atoms with Gasteiger partial charge in [0.1, 0.15) is 0 Å². The third-order valence-electron chi connectivity index (χ3n) is 1.92. The van der Waals surface area contributed by atoms with Crippen LogP contribution in [0.1, 0.15) is 17.4 Å². The molecule has 0 aliphatic rings. The Balaban J connectivity index is 1.80. The number of aryl methyl sites for hydroxylation is 2. The number of hydrogen-bond donors (Lipinski definition) is 1. The molecule has 0 saturated carbocycles. The van der Waals surface area contributed by atoms with Crippen LogP contribution in [0.3, 0.4) is 0 Å². The van der Waals surface area contributed by atoms with Crippen molar-refractivity contribution >= 4 is 0 Å². The van der Waals surface area contributed by atoms with E-state index < -0.39 is 0 Å². The summed E-state index contributed by atoms with van der Waals surface area (Å²) in [6, 6.07) is 1.96. The molecular weight excluding hydrogens is 194 g/mol. The van der Waals surface area contributed by atoms with Gasteiger partial charge in [-0.2, -0.15) is 10.1 Å². The molecule has 2 aromatic rings. The Kier molecular flexibility index (Phi) is 2.77. The molecule has 0 radical (unpaired) electrons. The maximum absolute atomic E-state index is 4.96. The molecule has 80 valence electrons. The topological polar surface area (TPSA) is 68.8 Å². The fourth-order valence-corrected chi connectivity index (χ4v) is 1.27. The van der Waals surface area contributed by atoms with E-state index in [1.54, 1.807) is 11.6 Å². The number of nitrogens with zero attached hydrogens (tertiary/aromatic N) is 4. The van der Waals surface area contributed by atoms with E-state index >= 15 is 0 Å². The smallest absolute Gasteiger partial charge is 0.240 e. The summed E-state index contributed by atoms with van der Waals surface area (Å²) in [5.41, 5.74) is 0.994. The van der Waals surface area contributed by atoms with Crippen molar-refractivity contribution in [1.29, 1.82) is 0 Å². The zero-order valence-electron chi connectivity index (χ0n) is 8.77. The van der Waals surface area contributed by atoms with Crippen molar-refractivity contribution in [2.24, 2.45) is 7.05 Å². The summed E-state index contributed by atoms with van der Waals surface area (Å²) in [6.07, 6.45) is 1.91. The molecule has 2 aromatic heterocycles. The first-order chi connectivity index (χ1) is 7.24. The third-order valence-corrected chi connectivity index (χ3v) is 1.92. The largest absolute Gasteiger partial charge is 0.338 e. The van der Waals surface area contributed by atoms with Crippen LogP contribution in [0, 0.1) is 6.92 Å². The Bertz CT molecular complexity index is 393. The zero-order valence-corrected chi connectivity index (χ0v) is 8.77. The van der Waals surface area contributed by atoms with E-state index in [0.717, 1.165) is 5.69 Å². The van der Waals surface area contributed by atoms with Crippen LogP contribution in [0.5, 0.6) is 0 Å². The maximum Gasteiger partial charge on any atom is 0.240 e. The van der Waals surface area contributed by atoms with Crippen LogP contribution >= 0.6 is 0 Å². The van der Waals surface area contributed by atoms with E-state index in [2.05, 4.69) is 20.6 Å². The van der Waals surface area contributed by atoms with E-state index in [0.29, 0.717) is 24.8 Å². The predicted molar refractivity (Wildman–Crippen MR) is 52.8 cm³/mol. The van der Waals surface area contributed by atoms with Gasteiger partial charge in [-0.3, -0.25) is 4.68 Å². The zero-order chi connectivity index (χ0) is 10.7. The highest BCUT2D eigenvalue weighted by molar-refractivity contribution is 4.98. The lowest BCUT2D eigenvalue weighted by Gasteiger charge is -1.97. The quantitative estimate of drug-likeness (QED) is 0.786. The standard InChI is InChI=1S/C9H13N5O/c1-7-11-9(15-13-7)6-10-5-8-3-4-14(2)12-8/h3-4,10H,5-6H2,1-2H3. The van der Waals surface area contributed by atoms with Crippen LogP contribution in [-0.4, -0.2) is 19.9 Å². The molecule has 0 aliphatic heterocycles. The van der Waals surface area contributed by atoms with Crippen molar-refractivity contribution in [3.05, 3.63) is 29.7 Å². The molecule has 0 fully saturated rings. The van der Waals surface area contributed by atoms with Gasteiger partial charge < -0.3 is 9.84 Å². The molecule has 0 amide bonds. The summed E-state index contributed by atoms with van der Waals surface area (Å²) in [7, 11) is 1.89. The van der Waals surface area contributed by atoms with E-state index in [9.17, 15) is 0 Å². The molecule has 6 nitrogen and oxygen atoms in total. The second-order valence-electron chi connectivity index (χ2n) is 3.32. The summed E-state index contributed by atoms with van der Waals surface area (Å²) in [6.45, 7) is 3.06. The van der Waals surface area contributed by atoms with E-state index in [1.165, 1.54) is 0 Å². The molecule has 6 heteroatoms. The second kappa shape index (κ2) is 4.22. The first kappa shape index (κ1) is 9.85. The highest BCUT2D eigenvalue weighted by atomic mass is 16.5. The SMILES string of the molecule is Cc1noc(CNCc2ccn(C)n2)n1. The molecule has 0 atom stereocenters. The fourth-order valence-electron chi connectivity index (χ4n) is 1.27. The molecule has 0 unspecified atom stereocenters. The van der Waals surface area contributed by atoms with Gasteiger partial charge in [-0.1, -0.05) is 5.16 Å². The lowest BCUT2D eigenvalue weighted by Crippen LogP contribution is -2.13. The van der Waals surface area contributed by atoms with Gasteiger partial charge in [0, 0.05) is 19.8 Å². The van der Waals surface area contributed by atoms with Gasteiger partial charge in [0.05, 0.1) is 12.2 Å². The van der Waals surface area contributed by atoms with Crippen molar-refractivity contribution in [2.45, 2.75) is 20.0 Å². The molecule has 0 aromatic carbocycles. The van der Waals surface area contributed by atoms with Crippen LogP contribution < -0.4 is 5.32 Å². The van der Waals surface area contributed by atoms with Gasteiger partial charge >= 0.3 is 0 Å². The van der Waals surface area contributed by atoms with Gasteiger partial charge in [0.25, 0.3) is 0 Å². The minimum atomic E-state index is 0.567. The molecular formula is C9H13N5O. The van der Waals surface area contributed by atoms with Crippen molar-refractivity contribution in [2.75, 3.05) is 0 Å². The summed E-state index contributed by atoms with van der Waals surface area (Å²) in [4.78, 5) is 4.08. The van der Waals surface area contributed by atoms with Crippen LogP contribution in [0.25, 0.3) is 0 Å². The fraction of sp³-hybridized carbons (Fsp3) is 0.444. The first-order valence-corrected chi connectivity index (χ1v) is 4.72. The summed E-state index contributed by atoms with van der Waals surface area (Å²) in [5.74, 6) is 1.26. The Morgan fingerprint density at radius 1 is 1.47 bits per heavy atom. The van der Waals surface area contributed by atoms with Gasteiger partial charge in [-0.05, 0) is 13.0 Å². The summed E-state index contributed by atoms with van der Waals surface area (Å²) < 4.78 is 6.73. The van der Waals surface area contributed by atoms with Gasteiger partial charge in [-0.15, -0.1) is 0 Å². The second-order valence-corrected chi connectivity index (χ2v) is 3.32. The molecule has 2 heterocycles. The van der Waals surface area contributed by atoms with Gasteiger partial charge in [-0.25, -0.2) is 0 Å². The molecule has 0 spiro atoms. The van der Waals surface area contributed by atoms with E-state index in [4.69, 9.17) is 4.52 Å². The molecule has 1 N–H and O–H groups in total. The number of hydrogen-bond acceptors (Lipinski definition) is 5. The lowest BCUT2D eigenvalue weighted by atomic mass is 10.4. The average molecular weight is 207 g/mol. The van der Waals surface area contributed by atoms with Gasteiger partial charge in [0.2, 0.25) is 5.89 Å². The van der Waals surface area contributed by atoms with Crippen LogP contribution in [0.15, 0.2) is 16.8 Å². The maximum atomic E-state index is 4.96. The van der Waals surface area contributed by atoms with Crippen LogP contribution in [0.2, 0.25) is 0 Å². The third kappa shape index (κ3) is 2.63. The highest BCUT2D eigenvalue weighted by Crippen LogP contribution is 1.97.